The molecular weight excluding hydrogens is 330 g/mol. The van der Waals surface area contributed by atoms with Crippen molar-refractivity contribution >= 4 is 29.3 Å². The SMILES string of the molecule is CCn1cc(/C=N\n2c(-c3ccccc3)n[nH]c2=S)c2ccccc21. The van der Waals surface area contributed by atoms with Crippen molar-refractivity contribution in [3.63, 3.8) is 0 Å². The van der Waals surface area contributed by atoms with Gasteiger partial charge in [-0.3, -0.25) is 0 Å². The predicted octanol–water partition coefficient (Wildman–Crippen LogP) is 4.46. The zero-order valence-electron chi connectivity index (χ0n) is 13.8. The van der Waals surface area contributed by atoms with Crippen LogP contribution >= 0.6 is 12.2 Å². The molecule has 0 atom stereocenters. The molecule has 4 aromatic rings. The Morgan fingerprint density at radius 1 is 1.12 bits per heavy atom. The Morgan fingerprint density at radius 3 is 2.68 bits per heavy atom. The average molecular weight is 347 g/mol. The Kier molecular flexibility index (Phi) is 4.03. The fourth-order valence-electron chi connectivity index (χ4n) is 2.93. The predicted molar refractivity (Wildman–Crippen MR) is 103 cm³/mol. The average Bonchev–Trinajstić information content (AvgIpc) is 3.21. The largest absolute Gasteiger partial charge is 0.347 e. The summed E-state index contributed by atoms with van der Waals surface area (Å²) >= 11 is 5.34. The Labute approximate surface area is 150 Å². The van der Waals surface area contributed by atoms with E-state index in [0.717, 1.165) is 17.7 Å². The molecule has 25 heavy (non-hydrogen) atoms. The first-order valence-electron chi connectivity index (χ1n) is 8.13. The first kappa shape index (κ1) is 15.5. The van der Waals surface area contributed by atoms with Gasteiger partial charge in [-0.2, -0.15) is 14.9 Å². The van der Waals surface area contributed by atoms with E-state index < -0.39 is 0 Å². The molecule has 4 rings (SSSR count). The van der Waals surface area contributed by atoms with E-state index in [1.807, 2.05) is 42.6 Å². The van der Waals surface area contributed by atoms with Gasteiger partial charge >= 0.3 is 0 Å². The smallest absolute Gasteiger partial charge is 0.216 e. The van der Waals surface area contributed by atoms with Crippen LogP contribution in [0, 0.1) is 4.77 Å². The van der Waals surface area contributed by atoms with E-state index >= 15 is 0 Å². The number of nitrogens with zero attached hydrogens (tertiary/aromatic N) is 4. The van der Waals surface area contributed by atoms with Crippen LogP contribution in [0.4, 0.5) is 0 Å². The monoisotopic (exact) mass is 347 g/mol. The van der Waals surface area contributed by atoms with Crippen molar-refractivity contribution in [1.29, 1.82) is 0 Å². The number of aryl methyl sites for hydroxylation is 1. The maximum atomic E-state index is 5.34. The van der Waals surface area contributed by atoms with Gasteiger partial charge in [0.2, 0.25) is 4.77 Å². The first-order chi connectivity index (χ1) is 12.3. The molecule has 6 heteroatoms. The van der Waals surface area contributed by atoms with E-state index in [1.54, 1.807) is 4.68 Å². The first-order valence-corrected chi connectivity index (χ1v) is 8.54. The Bertz CT molecular complexity index is 1100. The van der Waals surface area contributed by atoms with Gasteiger partial charge in [0.25, 0.3) is 0 Å². The highest BCUT2D eigenvalue weighted by Crippen LogP contribution is 2.21. The van der Waals surface area contributed by atoms with Gasteiger partial charge in [-0.15, -0.1) is 0 Å². The lowest BCUT2D eigenvalue weighted by atomic mass is 10.2. The lowest BCUT2D eigenvalue weighted by Crippen LogP contribution is -1.95. The second-order valence-corrected chi connectivity index (χ2v) is 6.05. The molecule has 0 radical (unpaired) electrons. The maximum Gasteiger partial charge on any atom is 0.216 e. The van der Waals surface area contributed by atoms with Crippen LogP contribution in [0.15, 0.2) is 65.9 Å². The van der Waals surface area contributed by atoms with Gasteiger partial charge in [0.1, 0.15) is 0 Å². The molecular formula is C19H17N5S. The maximum absolute atomic E-state index is 5.34. The van der Waals surface area contributed by atoms with E-state index in [0.29, 0.717) is 10.6 Å². The molecule has 0 unspecified atom stereocenters. The van der Waals surface area contributed by atoms with Crippen LogP contribution in [0.3, 0.4) is 0 Å². The molecule has 0 aliphatic rings. The molecule has 0 aliphatic heterocycles. The Morgan fingerprint density at radius 2 is 1.88 bits per heavy atom. The minimum absolute atomic E-state index is 0.467. The number of benzene rings is 2. The molecule has 0 bridgehead atoms. The third kappa shape index (κ3) is 2.81. The van der Waals surface area contributed by atoms with Crippen molar-refractivity contribution in [2.45, 2.75) is 13.5 Å². The van der Waals surface area contributed by atoms with Crippen LogP contribution in [-0.4, -0.2) is 25.7 Å². The van der Waals surface area contributed by atoms with Crippen LogP contribution in [0.5, 0.6) is 0 Å². The summed E-state index contributed by atoms with van der Waals surface area (Å²) in [4.78, 5) is 0. The summed E-state index contributed by atoms with van der Waals surface area (Å²) in [7, 11) is 0. The number of aromatic nitrogens is 4. The minimum Gasteiger partial charge on any atom is -0.347 e. The number of H-pyrrole nitrogens is 1. The summed E-state index contributed by atoms with van der Waals surface area (Å²) in [5.41, 5.74) is 3.22. The highest BCUT2D eigenvalue weighted by Gasteiger charge is 2.09. The molecule has 5 nitrogen and oxygen atoms in total. The van der Waals surface area contributed by atoms with Crippen molar-refractivity contribution < 1.29 is 0 Å². The van der Waals surface area contributed by atoms with Crippen LogP contribution in [0.2, 0.25) is 0 Å². The fraction of sp³-hybridized carbons (Fsp3) is 0.105. The van der Waals surface area contributed by atoms with E-state index in [4.69, 9.17) is 12.2 Å². The van der Waals surface area contributed by atoms with Gasteiger partial charge in [0.05, 0.1) is 6.21 Å². The summed E-state index contributed by atoms with van der Waals surface area (Å²) in [6.45, 7) is 3.04. The highest BCUT2D eigenvalue weighted by atomic mass is 32.1. The fourth-order valence-corrected chi connectivity index (χ4v) is 3.11. The summed E-state index contributed by atoms with van der Waals surface area (Å²) in [6, 6.07) is 18.2. The molecule has 124 valence electrons. The minimum atomic E-state index is 0.467. The van der Waals surface area contributed by atoms with Crippen molar-refractivity contribution in [3.05, 3.63) is 71.1 Å². The molecule has 0 fully saturated rings. The number of para-hydroxylation sites is 1. The normalized spacial score (nSPS) is 11.6. The number of hydrogen-bond acceptors (Lipinski definition) is 3. The number of hydrogen-bond donors (Lipinski definition) is 1. The van der Waals surface area contributed by atoms with Crippen LogP contribution in [-0.2, 0) is 6.54 Å². The van der Waals surface area contributed by atoms with Crippen molar-refractivity contribution in [2.24, 2.45) is 5.10 Å². The second kappa shape index (κ2) is 6.49. The number of nitrogens with one attached hydrogen (secondary N) is 1. The van der Waals surface area contributed by atoms with Gasteiger partial charge in [0.15, 0.2) is 5.82 Å². The lowest BCUT2D eigenvalue weighted by Gasteiger charge is -2.00. The van der Waals surface area contributed by atoms with Gasteiger partial charge < -0.3 is 4.57 Å². The molecule has 2 heterocycles. The lowest BCUT2D eigenvalue weighted by molar-refractivity contribution is 0.797. The zero-order chi connectivity index (χ0) is 17.2. The third-order valence-corrected chi connectivity index (χ3v) is 4.42. The molecule has 0 saturated carbocycles. The molecule has 0 aliphatic carbocycles. The molecule has 0 amide bonds. The zero-order valence-corrected chi connectivity index (χ0v) is 14.6. The number of rotatable bonds is 4. The van der Waals surface area contributed by atoms with Gasteiger partial charge in [-0.25, -0.2) is 5.10 Å². The second-order valence-electron chi connectivity index (χ2n) is 5.66. The molecule has 0 spiro atoms. The number of aromatic amines is 1. The summed E-state index contributed by atoms with van der Waals surface area (Å²) in [5.74, 6) is 0.695. The summed E-state index contributed by atoms with van der Waals surface area (Å²) in [6.07, 6.45) is 3.95. The van der Waals surface area contributed by atoms with Crippen molar-refractivity contribution in [1.82, 2.24) is 19.4 Å². The molecule has 1 N–H and O–H groups in total. The van der Waals surface area contributed by atoms with Crippen LogP contribution in [0.1, 0.15) is 12.5 Å². The van der Waals surface area contributed by atoms with Gasteiger partial charge in [0, 0.05) is 34.8 Å². The molecule has 2 aromatic carbocycles. The van der Waals surface area contributed by atoms with Crippen molar-refractivity contribution in [3.8, 4) is 11.4 Å². The molecule has 0 saturated heterocycles. The standard InChI is InChI=1S/C19H17N5S/c1-2-23-13-15(16-10-6-7-11-17(16)23)12-20-24-18(21-22-19(24)25)14-8-4-3-5-9-14/h3-13H,2H2,1H3,(H,22,25)/b20-12-. The molecule has 2 aromatic heterocycles. The van der Waals surface area contributed by atoms with E-state index in [-0.39, 0.29) is 0 Å². The van der Waals surface area contributed by atoms with Crippen molar-refractivity contribution in [2.75, 3.05) is 0 Å². The summed E-state index contributed by atoms with van der Waals surface area (Å²) < 4.78 is 4.33. The van der Waals surface area contributed by atoms with Crippen LogP contribution in [0.25, 0.3) is 22.3 Å². The Balaban J connectivity index is 1.80. The van der Waals surface area contributed by atoms with E-state index in [1.165, 1.54) is 10.9 Å². The topological polar surface area (TPSA) is 50.9 Å². The van der Waals surface area contributed by atoms with E-state index in [2.05, 4.69) is 51.2 Å². The third-order valence-electron chi connectivity index (χ3n) is 4.15. The Hall–Kier alpha value is -2.99. The summed E-state index contributed by atoms with van der Waals surface area (Å²) in [5, 5.41) is 12.9. The van der Waals surface area contributed by atoms with Crippen LogP contribution < -0.4 is 0 Å². The number of fused-ring (bicyclic) bond motifs is 1. The quantitative estimate of drug-likeness (QED) is 0.437. The van der Waals surface area contributed by atoms with Gasteiger partial charge in [-0.05, 0) is 25.2 Å². The van der Waals surface area contributed by atoms with Gasteiger partial charge in [-0.1, -0.05) is 48.5 Å². The highest BCUT2D eigenvalue weighted by molar-refractivity contribution is 7.71. The van der Waals surface area contributed by atoms with E-state index in [9.17, 15) is 0 Å².